The molecule has 0 aromatic carbocycles. The number of rotatable bonds is 33. The lowest BCUT2D eigenvalue weighted by molar-refractivity contribution is -0.157. The summed E-state index contributed by atoms with van der Waals surface area (Å²) in [7, 11) is 0. The topological polar surface area (TPSA) is 149 Å². The Bertz CT molecular complexity index is 759. The third kappa shape index (κ3) is 16.6. The van der Waals surface area contributed by atoms with Gasteiger partial charge in [0.2, 0.25) is 0 Å². The number of hydrogen-bond donors (Lipinski definition) is 4. The maximum atomic E-state index is 12.7. The molecule has 0 bridgehead atoms. The minimum absolute atomic E-state index is 0.00112. The van der Waals surface area contributed by atoms with Crippen molar-refractivity contribution in [1.29, 1.82) is 0 Å². The Morgan fingerprint density at radius 1 is 0.413 bits per heavy atom. The van der Waals surface area contributed by atoms with Crippen LogP contribution >= 0.6 is 0 Å². The van der Waals surface area contributed by atoms with E-state index in [2.05, 4.69) is 27.7 Å². The first-order chi connectivity index (χ1) is 22.0. The smallest absolute Gasteiger partial charge is 0.309 e. The van der Waals surface area contributed by atoms with Crippen LogP contribution in [-0.2, 0) is 19.2 Å². The van der Waals surface area contributed by atoms with Gasteiger partial charge in [-0.15, -0.1) is 0 Å². The lowest BCUT2D eigenvalue weighted by atomic mass is 9.65. The molecule has 0 radical (unpaired) electrons. The van der Waals surface area contributed by atoms with Crippen LogP contribution < -0.4 is 0 Å². The molecule has 0 aliphatic rings. The molecule has 4 N–H and O–H groups in total. The van der Waals surface area contributed by atoms with Gasteiger partial charge in [0, 0.05) is 12.8 Å². The number of carbonyl (C=O) groups is 4. The first-order valence-corrected chi connectivity index (χ1v) is 18.9. The van der Waals surface area contributed by atoms with Crippen LogP contribution in [-0.4, -0.2) is 44.3 Å². The molecule has 0 amide bonds. The zero-order chi connectivity index (χ0) is 34.8. The number of carboxylic acids is 4. The first kappa shape index (κ1) is 43.9. The molecule has 0 aliphatic carbocycles. The number of hydrogen-bond acceptors (Lipinski definition) is 4. The predicted molar refractivity (Wildman–Crippen MR) is 185 cm³/mol. The van der Waals surface area contributed by atoms with Gasteiger partial charge >= 0.3 is 23.9 Å². The van der Waals surface area contributed by atoms with E-state index >= 15 is 0 Å². The summed E-state index contributed by atoms with van der Waals surface area (Å²) in [5.74, 6) is -3.54. The van der Waals surface area contributed by atoms with E-state index in [4.69, 9.17) is 0 Å². The molecule has 8 heteroatoms. The van der Waals surface area contributed by atoms with Crippen molar-refractivity contribution in [3.8, 4) is 0 Å². The van der Waals surface area contributed by atoms with Crippen LogP contribution in [0.1, 0.15) is 195 Å². The fraction of sp³-hybridized carbons (Fsp3) is 0.895. The minimum Gasteiger partial charge on any atom is -0.481 e. The molecule has 270 valence electrons. The highest BCUT2D eigenvalue weighted by Crippen LogP contribution is 2.45. The third-order valence-corrected chi connectivity index (χ3v) is 10.6. The summed E-state index contributed by atoms with van der Waals surface area (Å²) in [5, 5.41) is 39.7. The van der Waals surface area contributed by atoms with Gasteiger partial charge in [-0.05, 0) is 63.2 Å². The van der Waals surface area contributed by atoms with Crippen LogP contribution in [0.25, 0.3) is 0 Å². The fourth-order valence-corrected chi connectivity index (χ4v) is 7.64. The van der Waals surface area contributed by atoms with Crippen molar-refractivity contribution in [3.63, 3.8) is 0 Å². The molecule has 0 fully saturated rings. The van der Waals surface area contributed by atoms with Crippen LogP contribution in [0.2, 0.25) is 0 Å². The SMILES string of the molecule is CCCCC(CCCC)C(CCCCCCCCCCC(CCC(=O)O)(C(=O)O)C(CCCC)CCCC)(CCC(=O)O)C(=O)O. The molecule has 0 aliphatic heterocycles. The highest BCUT2D eigenvalue weighted by atomic mass is 16.4. The fourth-order valence-electron chi connectivity index (χ4n) is 7.64. The highest BCUT2D eigenvalue weighted by Gasteiger charge is 2.45. The summed E-state index contributed by atoms with van der Waals surface area (Å²) in [6.45, 7) is 8.43. The van der Waals surface area contributed by atoms with Gasteiger partial charge < -0.3 is 20.4 Å². The van der Waals surface area contributed by atoms with Gasteiger partial charge in [-0.25, -0.2) is 0 Å². The van der Waals surface area contributed by atoms with Crippen LogP contribution in [0.3, 0.4) is 0 Å². The summed E-state index contributed by atoms with van der Waals surface area (Å²) in [6, 6.07) is 0. The van der Waals surface area contributed by atoms with Crippen LogP contribution in [0, 0.1) is 22.7 Å². The summed E-state index contributed by atoms with van der Waals surface area (Å²) in [4.78, 5) is 48.4. The molecule has 0 aromatic heterocycles. The quantitative estimate of drug-likeness (QED) is 0.0511. The second kappa shape index (κ2) is 25.9. The van der Waals surface area contributed by atoms with Gasteiger partial charge in [0.15, 0.2) is 0 Å². The van der Waals surface area contributed by atoms with Gasteiger partial charge in [0.25, 0.3) is 0 Å². The van der Waals surface area contributed by atoms with Crippen LogP contribution in [0.4, 0.5) is 0 Å². The number of carboxylic acid groups (broad SMARTS) is 4. The summed E-state index contributed by atoms with van der Waals surface area (Å²) in [6.07, 6.45) is 19.8. The van der Waals surface area contributed by atoms with Gasteiger partial charge in [-0.3, -0.25) is 19.2 Å². The molecule has 0 saturated carbocycles. The molecule has 0 heterocycles. The van der Waals surface area contributed by atoms with E-state index < -0.39 is 34.7 Å². The van der Waals surface area contributed by atoms with Crippen LogP contribution in [0.15, 0.2) is 0 Å². The number of unbranched alkanes of at least 4 members (excludes halogenated alkanes) is 11. The summed E-state index contributed by atoms with van der Waals surface area (Å²) < 4.78 is 0. The third-order valence-electron chi connectivity index (χ3n) is 10.6. The van der Waals surface area contributed by atoms with Gasteiger partial charge in [-0.2, -0.15) is 0 Å². The van der Waals surface area contributed by atoms with E-state index in [0.717, 1.165) is 128 Å². The van der Waals surface area contributed by atoms with E-state index in [-0.39, 0.29) is 37.5 Å². The Labute approximate surface area is 280 Å². The average Bonchev–Trinajstić information content (AvgIpc) is 3.01. The molecule has 2 unspecified atom stereocenters. The maximum absolute atomic E-state index is 12.7. The summed E-state index contributed by atoms with van der Waals surface area (Å²) >= 11 is 0. The highest BCUT2D eigenvalue weighted by molar-refractivity contribution is 5.77. The Balaban J connectivity index is 5.11. The predicted octanol–water partition coefficient (Wildman–Crippen LogP) is 10.8. The van der Waals surface area contributed by atoms with Crippen molar-refractivity contribution in [3.05, 3.63) is 0 Å². The Morgan fingerprint density at radius 3 is 0.891 bits per heavy atom. The zero-order valence-electron chi connectivity index (χ0n) is 30.0. The van der Waals surface area contributed by atoms with Crippen molar-refractivity contribution in [1.82, 2.24) is 0 Å². The van der Waals surface area contributed by atoms with Gasteiger partial charge in [-0.1, -0.05) is 130 Å². The molecule has 0 spiro atoms. The van der Waals surface area contributed by atoms with Crippen molar-refractivity contribution < 1.29 is 39.6 Å². The largest absolute Gasteiger partial charge is 0.481 e. The van der Waals surface area contributed by atoms with E-state index in [9.17, 15) is 39.6 Å². The molecule has 0 rings (SSSR count). The van der Waals surface area contributed by atoms with Crippen molar-refractivity contribution in [2.24, 2.45) is 22.7 Å². The van der Waals surface area contributed by atoms with E-state index in [1.807, 2.05) is 0 Å². The Morgan fingerprint density at radius 2 is 0.674 bits per heavy atom. The lowest BCUT2D eigenvalue weighted by Gasteiger charge is -2.38. The Kier molecular flexibility index (Phi) is 24.7. The van der Waals surface area contributed by atoms with E-state index in [1.165, 1.54) is 0 Å². The van der Waals surface area contributed by atoms with E-state index in [1.54, 1.807) is 0 Å². The molecule has 0 aromatic rings. The van der Waals surface area contributed by atoms with Crippen molar-refractivity contribution in [2.45, 2.75) is 195 Å². The second-order valence-electron chi connectivity index (χ2n) is 14.0. The molecule has 46 heavy (non-hydrogen) atoms. The zero-order valence-corrected chi connectivity index (χ0v) is 30.0. The monoisotopic (exact) mass is 655 g/mol. The summed E-state index contributed by atoms with van der Waals surface area (Å²) in [5.41, 5.74) is -1.96. The average molecular weight is 655 g/mol. The molecule has 0 saturated heterocycles. The van der Waals surface area contributed by atoms with Gasteiger partial charge in [0.1, 0.15) is 0 Å². The number of aliphatic carboxylic acids is 4. The lowest BCUT2D eigenvalue weighted by Crippen LogP contribution is -2.39. The van der Waals surface area contributed by atoms with Crippen molar-refractivity contribution in [2.75, 3.05) is 0 Å². The molecule has 8 nitrogen and oxygen atoms in total. The molecular formula is C38H70O8. The van der Waals surface area contributed by atoms with Crippen LogP contribution in [0.5, 0.6) is 0 Å². The Hall–Kier alpha value is -2.12. The second-order valence-corrected chi connectivity index (χ2v) is 14.0. The van der Waals surface area contributed by atoms with E-state index in [0.29, 0.717) is 12.8 Å². The first-order valence-electron chi connectivity index (χ1n) is 18.9. The normalized spacial score (nSPS) is 14.3. The standard InChI is InChI=1S/C38H70O8/c1-5-9-21-31(22-10-6-2)37(35(43)44,29-25-33(39)40)27-19-17-15-13-14-16-18-20-28-38(36(45)46,30-26-34(41)42)32(23-11-7-3)24-12-8-4/h31-32H,5-30H2,1-4H3,(H,39,40)(H,41,42)(H,43,44)(H,45,46). The molecule has 2 atom stereocenters. The van der Waals surface area contributed by atoms with Crippen molar-refractivity contribution >= 4 is 23.9 Å². The maximum Gasteiger partial charge on any atom is 0.309 e. The molecular weight excluding hydrogens is 584 g/mol. The minimum atomic E-state index is -0.980. The van der Waals surface area contributed by atoms with Gasteiger partial charge in [0.05, 0.1) is 10.8 Å².